The number of nitrogens with zero attached hydrogens (tertiary/aromatic N) is 3. The van der Waals surface area contributed by atoms with Gasteiger partial charge in [0.05, 0.1) is 5.69 Å². The zero-order chi connectivity index (χ0) is 19.0. The Bertz CT molecular complexity index is 1110. The molecule has 2 heterocycles. The van der Waals surface area contributed by atoms with E-state index in [0.717, 1.165) is 22.6 Å². The van der Waals surface area contributed by atoms with Gasteiger partial charge in [-0.3, -0.25) is 9.59 Å². The minimum absolute atomic E-state index is 0.244. The molecule has 2 aromatic heterocycles. The third-order valence-corrected chi connectivity index (χ3v) is 4.76. The second kappa shape index (κ2) is 6.67. The van der Waals surface area contributed by atoms with Crippen molar-refractivity contribution >= 4 is 17.8 Å². The molecule has 0 spiro atoms. The summed E-state index contributed by atoms with van der Waals surface area (Å²) in [4.78, 5) is 26.6. The van der Waals surface area contributed by atoms with Gasteiger partial charge in [-0.2, -0.15) is 4.52 Å². The molecule has 0 radical (unpaired) electrons. The molecule has 5 nitrogen and oxygen atoms in total. The highest BCUT2D eigenvalue weighted by atomic mass is 16.2. The summed E-state index contributed by atoms with van der Waals surface area (Å²) in [5, 5.41) is 0. The third-order valence-electron chi connectivity index (χ3n) is 4.76. The van der Waals surface area contributed by atoms with E-state index < -0.39 is 0 Å². The lowest BCUT2D eigenvalue weighted by Crippen LogP contribution is -2.23. The van der Waals surface area contributed by atoms with Gasteiger partial charge in [-0.05, 0) is 44.5 Å². The van der Waals surface area contributed by atoms with Crippen LogP contribution < -0.4 is 16.0 Å². The average molecular weight is 349 g/mol. The van der Waals surface area contributed by atoms with Crippen LogP contribution >= 0.6 is 0 Å². The molecule has 3 aromatic rings. The summed E-state index contributed by atoms with van der Waals surface area (Å²) >= 11 is 0. The van der Waals surface area contributed by atoms with E-state index >= 15 is 0 Å². The lowest BCUT2D eigenvalue weighted by Gasteiger charge is -2.11. The van der Waals surface area contributed by atoms with Crippen molar-refractivity contribution < 1.29 is 0 Å². The van der Waals surface area contributed by atoms with Crippen molar-refractivity contribution in [3.63, 3.8) is 0 Å². The van der Waals surface area contributed by atoms with Crippen LogP contribution in [0.3, 0.4) is 0 Å². The molecule has 0 saturated carbocycles. The molecule has 0 bridgehead atoms. The van der Waals surface area contributed by atoms with Gasteiger partial charge in [-0.15, -0.1) is 0 Å². The second-order valence-electron chi connectivity index (χ2n) is 6.66. The number of aromatic nitrogens is 2. The number of anilines is 1. The first-order valence-electron chi connectivity index (χ1n) is 8.52. The van der Waals surface area contributed by atoms with Gasteiger partial charge in [0.2, 0.25) is 0 Å². The Kier molecular flexibility index (Phi) is 4.55. The number of hydrogen-bond acceptors (Lipinski definition) is 3. The minimum atomic E-state index is -0.255. The lowest BCUT2D eigenvalue weighted by atomic mass is 10.2. The highest BCUT2D eigenvalue weighted by Gasteiger charge is 2.18. The topological polar surface area (TPSA) is 46.2 Å². The van der Waals surface area contributed by atoms with Crippen LogP contribution in [0.2, 0.25) is 0 Å². The van der Waals surface area contributed by atoms with Gasteiger partial charge in [0.15, 0.2) is 0 Å². The predicted molar refractivity (Wildman–Crippen MR) is 108 cm³/mol. The molecule has 5 heteroatoms. The van der Waals surface area contributed by atoms with Crippen LogP contribution in [0.1, 0.15) is 28.1 Å². The van der Waals surface area contributed by atoms with Crippen LogP contribution in [0, 0.1) is 20.8 Å². The highest BCUT2D eigenvalue weighted by Crippen LogP contribution is 2.14. The first-order chi connectivity index (χ1) is 12.3. The molecule has 1 aromatic carbocycles. The summed E-state index contributed by atoms with van der Waals surface area (Å²) in [5.74, 6) is 0. The van der Waals surface area contributed by atoms with Crippen LogP contribution in [-0.2, 0) is 0 Å². The Morgan fingerprint density at radius 2 is 1.38 bits per heavy atom. The van der Waals surface area contributed by atoms with Crippen molar-refractivity contribution in [2.75, 3.05) is 19.0 Å². The first kappa shape index (κ1) is 17.7. The normalized spacial score (nSPS) is 12.0. The van der Waals surface area contributed by atoms with Gasteiger partial charge in [0, 0.05) is 36.6 Å². The van der Waals surface area contributed by atoms with E-state index in [2.05, 4.69) is 29.2 Å². The monoisotopic (exact) mass is 349 g/mol. The Morgan fingerprint density at radius 3 is 2.00 bits per heavy atom. The largest absolute Gasteiger partial charge is 0.378 e. The maximum absolute atomic E-state index is 12.4. The van der Waals surface area contributed by atoms with Gasteiger partial charge in [-0.25, -0.2) is 4.52 Å². The molecule has 0 aliphatic carbocycles. The highest BCUT2D eigenvalue weighted by molar-refractivity contribution is 5.59. The average Bonchev–Trinajstić information content (AvgIpc) is 3.00. The molecule has 26 heavy (non-hydrogen) atoms. The maximum Gasteiger partial charge on any atom is 0.278 e. The van der Waals surface area contributed by atoms with Crippen LogP contribution in [0.5, 0.6) is 0 Å². The van der Waals surface area contributed by atoms with Crippen molar-refractivity contribution in [2.24, 2.45) is 0 Å². The van der Waals surface area contributed by atoms with Crippen LogP contribution in [0.4, 0.5) is 5.69 Å². The quantitative estimate of drug-likeness (QED) is 0.681. The van der Waals surface area contributed by atoms with Crippen LogP contribution in [0.15, 0.2) is 46.0 Å². The molecule has 0 amide bonds. The third kappa shape index (κ3) is 2.86. The van der Waals surface area contributed by atoms with Crippen molar-refractivity contribution in [1.29, 1.82) is 0 Å². The summed E-state index contributed by atoms with van der Waals surface area (Å²) in [6, 6.07) is 8.24. The molecule has 0 saturated heterocycles. The molecule has 3 rings (SSSR count). The van der Waals surface area contributed by atoms with Gasteiger partial charge in [-0.1, -0.05) is 30.4 Å². The molecule has 0 fully saturated rings. The Morgan fingerprint density at radius 1 is 0.808 bits per heavy atom. The standard InChI is InChI=1S/C21H23N3O2/c1-14-16(3)23-19(15(2)21(26)24(23)20(14)25)9-7-6-8-17-10-12-18(13-11-17)22(4)5/h6-13H,1-5H3/b8-6+,9-7+. The molecule has 0 aliphatic rings. The summed E-state index contributed by atoms with van der Waals surface area (Å²) in [5.41, 5.74) is 4.46. The fourth-order valence-electron chi connectivity index (χ4n) is 3.00. The molecule has 0 atom stereocenters. The lowest BCUT2D eigenvalue weighted by molar-refractivity contribution is 0.781. The van der Waals surface area contributed by atoms with Crippen molar-refractivity contribution in [3.8, 4) is 0 Å². The number of benzene rings is 1. The second-order valence-corrected chi connectivity index (χ2v) is 6.66. The Labute approximate surface area is 152 Å². The molecule has 0 aliphatic heterocycles. The summed E-state index contributed by atoms with van der Waals surface area (Å²) in [6.45, 7) is 5.35. The first-order valence-corrected chi connectivity index (χ1v) is 8.52. The van der Waals surface area contributed by atoms with Gasteiger partial charge >= 0.3 is 0 Å². The zero-order valence-corrected chi connectivity index (χ0v) is 15.8. The summed E-state index contributed by atoms with van der Waals surface area (Å²) < 4.78 is 2.91. The van der Waals surface area contributed by atoms with Gasteiger partial charge in [0.1, 0.15) is 0 Å². The minimum Gasteiger partial charge on any atom is -0.378 e. The van der Waals surface area contributed by atoms with E-state index in [4.69, 9.17) is 0 Å². The fraction of sp³-hybridized carbons (Fsp3) is 0.238. The van der Waals surface area contributed by atoms with E-state index in [1.54, 1.807) is 18.4 Å². The number of rotatable bonds is 4. The van der Waals surface area contributed by atoms with E-state index in [0.29, 0.717) is 11.1 Å². The maximum atomic E-state index is 12.4. The van der Waals surface area contributed by atoms with E-state index in [1.807, 2.05) is 45.3 Å². The van der Waals surface area contributed by atoms with Crippen LogP contribution in [-0.4, -0.2) is 23.1 Å². The smallest absolute Gasteiger partial charge is 0.278 e. The van der Waals surface area contributed by atoms with E-state index in [9.17, 15) is 9.59 Å². The van der Waals surface area contributed by atoms with Gasteiger partial charge < -0.3 is 4.90 Å². The number of allylic oxidation sites excluding steroid dienone is 2. The zero-order valence-electron chi connectivity index (χ0n) is 15.8. The van der Waals surface area contributed by atoms with Crippen LogP contribution in [0.25, 0.3) is 12.2 Å². The molecule has 134 valence electrons. The molecular weight excluding hydrogens is 326 g/mol. The Balaban J connectivity index is 1.92. The number of fused-ring (bicyclic) bond motifs is 1. The summed E-state index contributed by atoms with van der Waals surface area (Å²) in [7, 11) is 4.02. The number of hydrogen-bond donors (Lipinski definition) is 0. The van der Waals surface area contributed by atoms with Crippen molar-refractivity contribution in [3.05, 3.63) is 85.2 Å². The fourth-order valence-corrected chi connectivity index (χ4v) is 3.00. The Hall–Kier alpha value is -3.08. The number of aryl methyl sites for hydroxylation is 1. The molecular formula is C21H23N3O2. The molecule has 0 unspecified atom stereocenters. The van der Waals surface area contributed by atoms with E-state index in [-0.39, 0.29) is 11.1 Å². The van der Waals surface area contributed by atoms with E-state index in [1.165, 1.54) is 4.52 Å². The van der Waals surface area contributed by atoms with Crippen molar-refractivity contribution in [2.45, 2.75) is 20.8 Å². The molecule has 0 N–H and O–H groups in total. The predicted octanol–water partition coefficient (Wildman–Crippen LogP) is 2.91. The summed E-state index contributed by atoms with van der Waals surface area (Å²) in [6.07, 6.45) is 7.69. The van der Waals surface area contributed by atoms with Gasteiger partial charge in [0.25, 0.3) is 11.1 Å². The van der Waals surface area contributed by atoms with Crippen molar-refractivity contribution in [1.82, 2.24) is 9.03 Å². The SMILES string of the molecule is Cc1c(C)n2c(/C=C/C=C/c3ccc(N(C)C)cc3)c(C)c(=O)n2c1=O.